The highest BCUT2D eigenvalue weighted by Crippen LogP contribution is 2.39. The fourth-order valence-electron chi connectivity index (χ4n) is 2.98. The van der Waals surface area contributed by atoms with E-state index in [0.717, 1.165) is 25.7 Å². The molecule has 1 aliphatic rings. The minimum atomic E-state index is 0.0577. The zero-order chi connectivity index (χ0) is 12.6. The summed E-state index contributed by atoms with van der Waals surface area (Å²) in [6.07, 6.45) is 14.8. The molecule has 0 spiro atoms. The molecular formula is C16H30O. The van der Waals surface area contributed by atoms with Crippen molar-refractivity contribution in [3.8, 4) is 0 Å². The molecule has 1 rings (SSSR count). The number of carbonyl (C=O) groups is 1. The standard InChI is InChI=1S/C16H30O/c1-3-4-5-6-7-8-9-12-15(17)16(2)13-10-11-14-16/h3-14H2,1-2H3. The van der Waals surface area contributed by atoms with Crippen LogP contribution in [0.1, 0.15) is 90.9 Å². The molecule has 0 N–H and O–H groups in total. The average Bonchev–Trinajstić information content (AvgIpc) is 2.76. The van der Waals surface area contributed by atoms with Gasteiger partial charge >= 0.3 is 0 Å². The summed E-state index contributed by atoms with van der Waals surface area (Å²) < 4.78 is 0. The van der Waals surface area contributed by atoms with Crippen LogP contribution >= 0.6 is 0 Å². The van der Waals surface area contributed by atoms with Gasteiger partial charge in [0.15, 0.2) is 0 Å². The first-order valence-corrected chi connectivity index (χ1v) is 7.72. The monoisotopic (exact) mass is 238 g/mol. The summed E-state index contributed by atoms with van der Waals surface area (Å²) in [5.74, 6) is 0.545. The lowest BCUT2D eigenvalue weighted by Gasteiger charge is -2.21. The Bertz CT molecular complexity index is 214. The maximum absolute atomic E-state index is 12.1. The Balaban J connectivity index is 2.00. The maximum atomic E-state index is 12.1. The third-order valence-corrected chi connectivity index (χ3v) is 4.39. The van der Waals surface area contributed by atoms with Crippen molar-refractivity contribution < 1.29 is 4.79 Å². The summed E-state index contributed by atoms with van der Waals surface area (Å²) in [5, 5.41) is 0. The van der Waals surface area contributed by atoms with Crippen molar-refractivity contribution in [3.63, 3.8) is 0 Å². The lowest BCUT2D eigenvalue weighted by molar-refractivity contribution is -0.127. The molecule has 0 atom stereocenters. The fourth-order valence-corrected chi connectivity index (χ4v) is 2.98. The molecule has 0 unspecified atom stereocenters. The van der Waals surface area contributed by atoms with Gasteiger partial charge in [0.2, 0.25) is 0 Å². The second kappa shape index (κ2) is 7.89. The summed E-state index contributed by atoms with van der Waals surface area (Å²) in [5.41, 5.74) is 0.0577. The highest BCUT2D eigenvalue weighted by atomic mass is 16.1. The predicted molar refractivity (Wildman–Crippen MR) is 74.2 cm³/mol. The Hall–Kier alpha value is -0.330. The molecule has 1 aliphatic carbocycles. The Morgan fingerprint density at radius 2 is 1.47 bits per heavy atom. The van der Waals surface area contributed by atoms with Gasteiger partial charge in [-0.15, -0.1) is 0 Å². The van der Waals surface area contributed by atoms with Crippen molar-refractivity contribution in [1.82, 2.24) is 0 Å². The van der Waals surface area contributed by atoms with E-state index in [1.807, 2.05) is 0 Å². The SMILES string of the molecule is CCCCCCCCCC(=O)C1(C)CCCC1. The zero-order valence-corrected chi connectivity index (χ0v) is 11.9. The highest BCUT2D eigenvalue weighted by molar-refractivity contribution is 5.84. The van der Waals surface area contributed by atoms with Gasteiger partial charge in [0, 0.05) is 11.8 Å². The summed E-state index contributed by atoms with van der Waals surface area (Å²) in [6, 6.07) is 0. The number of hydrogen-bond donors (Lipinski definition) is 0. The van der Waals surface area contributed by atoms with Gasteiger partial charge in [-0.25, -0.2) is 0 Å². The third kappa shape index (κ3) is 5.23. The Morgan fingerprint density at radius 3 is 2.06 bits per heavy atom. The molecule has 1 heteroatoms. The molecule has 0 amide bonds. The van der Waals surface area contributed by atoms with Crippen LogP contribution in [-0.2, 0) is 4.79 Å². The van der Waals surface area contributed by atoms with Gasteiger partial charge in [0.25, 0.3) is 0 Å². The van der Waals surface area contributed by atoms with E-state index in [2.05, 4.69) is 13.8 Å². The van der Waals surface area contributed by atoms with Crippen molar-refractivity contribution in [2.45, 2.75) is 90.9 Å². The Labute approximate surface area is 107 Å². The van der Waals surface area contributed by atoms with Gasteiger partial charge in [0.1, 0.15) is 5.78 Å². The summed E-state index contributed by atoms with van der Waals surface area (Å²) in [4.78, 5) is 12.1. The largest absolute Gasteiger partial charge is 0.299 e. The number of rotatable bonds is 9. The molecule has 0 radical (unpaired) electrons. The van der Waals surface area contributed by atoms with Gasteiger partial charge in [-0.2, -0.15) is 0 Å². The minimum Gasteiger partial charge on any atom is -0.299 e. The van der Waals surface area contributed by atoms with E-state index in [1.165, 1.54) is 51.4 Å². The van der Waals surface area contributed by atoms with Crippen molar-refractivity contribution in [1.29, 1.82) is 0 Å². The maximum Gasteiger partial charge on any atom is 0.138 e. The molecule has 100 valence electrons. The number of hydrogen-bond acceptors (Lipinski definition) is 1. The number of carbonyl (C=O) groups excluding carboxylic acids is 1. The van der Waals surface area contributed by atoms with Crippen LogP contribution in [0.25, 0.3) is 0 Å². The van der Waals surface area contributed by atoms with E-state index in [9.17, 15) is 4.79 Å². The second-order valence-corrected chi connectivity index (χ2v) is 6.06. The van der Waals surface area contributed by atoms with Crippen LogP contribution in [0.5, 0.6) is 0 Å². The molecule has 0 aromatic carbocycles. The summed E-state index contributed by atoms with van der Waals surface area (Å²) in [6.45, 7) is 4.44. The smallest absolute Gasteiger partial charge is 0.138 e. The van der Waals surface area contributed by atoms with E-state index >= 15 is 0 Å². The first-order chi connectivity index (χ1) is 8.19. The van der Waals surface area contributed by atoms with E-state index in [0.29, 0.717) is 5.78 Å². The highest BCUT2D eigenvalue weighted by Gasteiger charge is 2.34. The van der Waals surface area contributed by atoms with Crippen molar-refractivity contribution in [2.75, 3.05) is 0 Å². The average molecular weight is 238 g/mol. The van der Waals surface area contributed by atoms with E-state index < -0.39 is 0 Å². The molecule has 0 saturated heterocycles. The number of ketones is 1. The second-order valence-electron chi connectivity index (χ2n) is 6.06. The number of Topliss-reactive ketones (excluding diaryl/α,β-unsaturated/α-hetero) is 1. The first kappa shape index (κ1) is 14.7. The third-order valence-electron chi connectivity index (χ3n) is 4.39. The normalized spacial score (nSPS) is 18.5. The molecule has 17 heavy (non-hydrogen) atoms. The first-order valence-electron chi connectivity index (χ1n) is 7.72. The molecular weight excluding hydrogens is 208 g/mol. The lowest BCUT2D eigenvalue weighted by Crippen LogP contribution is -2.23. The molecule has 0 aliphatic heterocycles. The number of unbranched alkanes of at least 4 members (excludes halogenated alkanes) is 6. The van der Waals surface area contributed by atoms with Crippen LogP contribution in [0.2, 0.25) is 0 Å². The van der Waals surface area contributed by atoms with Crippen LogP contribution in [0.3, 0.4) is 0 Å². The Morgan fingerprint density at radius 1 is 0.941 bits per heavy atom. The van der Waals surface area contributed by atoms with Gasteiger partial charge in [0.05, 0.1) is 0 Å². The van der Waals surface area contributed by atoms with E-state index in [4.69, 9.17) is 0 Å². The van der Waals surface area contributed by atoms with Crippen LogP contribution in [0, 0.1) is 5.41 Å². The minimum absolute atomic E-state index is 0.0577. The molecule has 1 fully saturated rings. The van der Waals surface area contributed by atoms with Gasteiger partial charge in [-0.3, -0.25) is 4.79 Å². The van der Waals surface area contributed by atoms with E-state index in [1.54, 1.807) is 0 Å². The van der Waals surface area contributed by atoms with Gasteiger partial charge < -0.3 is 0 Å². The Kier molecular flexibility index (Phi) is 6.84. The molecule has 0 aromatic heterocycles. The van der Waals surface area contributed by atoms with Gasteiger partial charge in [-0.05, 0) is 19.3 Å². The molecule has 0 heterocycles. The van der Waals surface area contributed by atoms with Crippen LogP contribution < -0.4 is 0 Å². The zero-order valence-electron chi connectivity index (χ0n) is 11.9. The quantitative estimate of drug-likeness (QED) is 0.500. The predicted octanol–water partition coefficient (Wildman–Crippen LogP) is 5.28. The fraction of sp³-hybridized carbons (Fsp3) is 0.938. The van der Waals surface area contributed by atoms with Gasteiger partial charge in [-0.1, -0.05) is 65.2 Å². The molecule has 0 bridgehead atoms. The van der Waals surface area contributed by atoms with Crippen molar-refractivity contribution >= 4 is 5.78 Å². The molecule has 1 saturated carbocycles. The molecule has 1 nitrogen and oxygen atoms in total. The molecule has 0 aromatic rings. The summed E-state index contributed by atoms with van der Waals surface area (Å²) >= 11 is 0. The van der Waals surface area contributed by atoms with Crippen LogP contribution in [0.4, 0.5) is 0 Å². The van der Waals surface area contributed by atoms with E-state index in [-0.39, 0.29) is 5.41 Å². The van der Waals surface area contributed by atoms with Crippen molar-refractivity contribution in [2.24, 2.45) is 5.41 Å². The van der Waals surface area contributed by atoms with Crippen molar-refractivity contribution in [3.05, 3.63) is 0 Å². The van der Waals surface area contributed by atoms with Crippen LogP contribution in [-0.4, -0.2) is 5.78 Å². The topological polar surface area (TPSA) is 17.1 Å². The van der Waals surface area contributed by atoms with Crippen LogP contribution in [0.15, 0.2) is 0 Å². The summed E-state index contributed by atoms with van der Waals surface area (Å²) in [7, 11) is 0. The lowest BCUT2D eigenvalue weighted by atomic mass is 9.82.